The summed E-state index contributed by atoms with van der Waals surface area (Å²) in [7, 11) is 0. The summed E-state index contributed by atoms with van der Waals surface area (Å²) in [5.74, 6) is -0.298. The molecule has 4 heteroatoms. The van der Waals surface area contributed by atoms with Crippen LogP contribution in [0.3, 0.4) is 0 Å². The van der Waals surface area contributed by atoms with Crippen LogP contribution in [0, 0.1) is 3.57 Å². The number of aromatic amines is 1. The Morgan fingerprint density at radius 2 is 2.33 bits per heavy atom. The van der Waals surface area contributed by atoms with E-state index >= 15 is 0 Å². The molecule has 0 unspecified atom stereocenters. The summed E-state index contributed by atoms with van der Waals surface area (Å²) in [6.07, 6.45) is 1.69. The van der Waals surface area contributed by atoms with Gasteiger partial charge < -0.3 is 9.72 Å². The van der Waals surface area contributed by atoms with E-state index in [-0.39, 0.29) is 12.1 Å². The highest BCUT2D eigenvalue weighted by Gasteiger charge is 2.10. The van der Waals surface area contributed by atoms with E-state index in [4.69, 9.17) is 4.74 Å². The van der Waals surface area contributed by atoms with Crippen molar-refractivity contribution in [3.05, 3.63) is 21.5 Å². The van der Waals surface area contributed by atoms with Crippen LogP contribution in [-0.2, 0) is 4.74 Å². The van der Waals surface area contributed by atoms with Crippen molar-refractivity contribution in [2.45, 2.75) is 20.0 Å². The maximum Gasteiger partial charge on any atom is 0.355 e. The zero-order chi connectivity index (χ0) is 9.14. The summed E-state index contributed by atoms with van der Waals surface area (Å²) in [6, 6.07) is 1.76. The molecule has 0 atom stereocenters. The van der Waals surface area contributed by atoms with Crippen molar-refractivity contribution < 1.29 is 9.53 Å². The van der Waals surface area contributed by atoms with Crippen LogP contribution in [0.15, 0.2) is 12.3 Å². The Morgan fingerprint density at radius 3 is 2.75 bits per heavy atom. The van der Waals surface area contributed by atoms with Gasteiger partial charge in [-0.05, 0) is 42.5 Å². The maximum atomic E-state index is 11.2. The van der Waals surface area contributed by atoms with Gasteiger partial charge >= 0.3 is 5.97 Å². The van der Waals surface area contributed by atoms with Crippen molar-refractivity contribution in [2.24, 2.45) is 0 Å². The quantitative estimate of drug-likeness (QED) is 0.666. The number of rotatable bonds is 2. The third kappa shape index (κ3) is 2.51. The monoisotopic (exact) mass is 279 g/mol. The van der Waals surface area contributed by atoms with E-state index in [0.29, 0.717) is 5.69 Å². The fourth-order valence-corrected chi connectivity index (χ4v) is 1.23. The lowest BCUT2D eigenvalue weighted by atomic mass is 10.4. The van der Waals surface area contributed by atoms with E-state index < -0.39 is 0 Å². The number of aromatic nitrogens is 1. The van der Waals surface area contributed by atoms with E-state index in [1.165, 1.54) is 0 Å². The summed E-state index contributed by atoms with van der Waals surface area (Å²) < 4.78 is 5.98. The highest BCUT2D eigenvalue weighted by Crippen LogP contribution is 2.08. The van der Waals surface area contributed by atoms with Crippen molar-refractivity contribution in [3.8, 4) is 0 Å². The summed E-state index contributed by atoms with van der Waals surface area (Å²) in [5, 5.41) is 0. The summed E-state index contributed by atoms with van der Waals surface area (Å²) >= 11 is 2.13. The van der Waals surface area contributed by atoms with E-state index in [9.17, 15) is 4.79 Å². The maximum absolute atomic E-state index is 11.2. The minimum absolute atomic E-state index is 0.0709. The smallest absolute Gasteiger partial charge is 0.355 e. The molecule has 0 aromatic carbocycles. The van der Waals surface area contributed by atoms with E-state index in [0.717, 1.165) is 3.57 Å². The van der Waals surface area contributed by atoms with Crippen molar-refractivity contribution in [3.63, 3.8) is 0 Å². The topological polar surface area (TPSA) is 42.1 Å². The Balaban J connectivity index is 2.65. The van der Waals surface area contributed by atoms with Crippen LogP contribution in [0.25, 0.3) is 0 Å². The molecule has 1 N–H and O–H groups in total. The van der Waals surface area contributed by atoms with Crippen molar-refractivity contribution in [1.82, 2.24) is 4.98 Å². The highest BCUT2D eigenvalue weighted by molar-refractivity contribution is 14.1. The number of hydrogen-bond acceptors (Lipinski definition) is 2. The number of halogens is 1. The van der Waals surface area contributed by atoms with E-state index in [1.54, 1.807) is 12.3 Å². The third-order valence-corrected chi connectivity index (χ3v) is 1.83. The Kier molecular flexibility index (Phi) is 3.13. The van der Waals surface area contributed by atoms with Gasteiger partial charge in [-0.1, -0.05) is 0 Å². The predicted octanol–water partition coefficient (Wildman–Crippen LogP) is 2.18. The zero-order valence-electron chi connectivity index (χ0n) is 6.93. The van der Waals surface area contributed by atoms with Gasteiger partial charge in [0.1, 0.15) is 5.69 Å². The second-order valence-electron chi connectivity index (χ2n) is 2.69. The van der Waals surface area contributed by atoms with Crippen molar-refractivity contribution in [1.29, 1.82) is 0 Å². The van der Waals surface area contributed by atoms with Gasteiger partial charge in [-0.2, -0.15) is 0 Å². The Labute approximate surface area is 84.6 Å². The molecule has 0 saturated carbocycles. The Morgan fingerprint density at radius 1 is 1.67 bits per heavy atom. The summed E-state index contributed by atoms with van der Waals surface area (Å²) in [5.41, 5.74) is 0.508. The zero-order valence-corrected chi connectivity index (χ0v) is 9.08. The van der Waals surface area contributed by atoms with Crippen LogP contribution in [0.5, 0.6) is 0 Å². The molecule has 0 aliphatic carbocycles. The Bertz CT molecular complexity index is 280. The fraction of sp³-hybridized carbons (Fsp3) is 0.375. The average Bonchev–Trinajstić information content (AvgIpc) is 2.34. The molecule has 0 spiro atoms. The molecule has 0 aliphatic rings. The third-order valence-electron chi connectivity index (χ3n) is 1.21. The van der Waals surface area contributed by atoms with Crippen LogP contribution in [-0.4, -0.2) is 17.1 Å². The molecule has 0 bridgehead atoms. The summed E-state index contributed by atoms with van der Waals surface area (Å²) in [4.78, 5) is 14.0. The first-order chi connectivity index (χ1) is 5.59. The standard InChI is InChI=1S/C8H10INO2/c1-5(2)12-8(11)7-3-6(9)4-10-7/h3-5,10H,1-2H3. The molecule has 1 aromatic heterocycles. The van der Waals surface area contributed by atoms with Crippen molar-refractivity contribution in [2.75, 3.05) is 0 Å². The molecule has 1 rings (SSSR count). The molecule has 0 radical (unpaired) electrons. The van der Waals surface area contributed by atoms with Crippen LogP contribution in [0.4, 0.5) is 0 Å². The lowest BCUT2D eigenvalue weighted by Gasteiger charge is -2.05. The largest absolute Gasteiger partial charge is 0.458 e. The first-order valence-corrected chi connectivity index (χ1v) is 4.72. The lowest BCUT2D eigenvalue weighted by Crippen LogP contribution is -2.11. The normalized spacial score (nSPS) is 10.3. The minimum Gasteiger partial charge on any atom is -0.458 e. The van der Waals surface area contributed by atoms with Crippen LogP contribution in [0.1, 0.15) is 24.3 Å². The second kappa shape index (κ2) is 3.93. The van der Waals surface area contributed by atoms with Crippen LogP contribution >= 0.6 is 22.6 Å². The van der Waals surface area contributed by atoms with Gasteiger partial charge in [0.25, 0.3) is 0 Å². The number of H-pyrrole nitrogens is 1. The molecule has 1 aromatic rings. The van der Waals surface area contributed by atoms with Gasteiger partial charge in [0.05, 0.1) is 6.10 Å². The summed E-state index contributed by atoms with van der Waals surface area (Å²) in [6.45, 7) is 3.65. The first kappa shape index (κ1) is 9.57. The number of carbonyl (C=O) groups is 1. The van der Waals surface area contributed by atoms with Crippen LogP contribution < -0.4 is 0 Å². The fourth-order valence-electron chi connectivity index (χ4n) is 0.763. The molecule has 0 amide bonds. The lowest BCUT2D eigenvalue weighted by molar-refractivity contribution is 0.0371. The SMILES string of the molecule is CC(C)OC(=O)c1cc(I)c[nH]1. The molecule has 0 fully saturated rings. The van der Waals surface area contributed by atoms with E-state index in [2.05, 4.69) is 27.6 Å². The molecule has 3 nitrogen and oxygen atoms in total. The number of esters is 1. The predicted molar refractivity (Wildman–Crippen MR) is 54.1 cm³/mol. The van der Waals surface area contributed by atoms with Gasteiger partial charge in [0, 0.05) is 9.77 Å². The van der Waals surface area contributed by atoms with Gasteiger partial charge in [-0.15, -0.1) is 0 Å². The van der Waals surface area contributed by atoms with Gasteiger partial charge in [-0.25, -0.2) is 4.79 Å². The van der Waals surface area contributed by atoms with Crippen LogP contribution in [0.2, 0.25) is 0 Å². The van der Waals surface area contributed by atoms with Gasteiger partial charge in [0.15, 0.2) is 0 Å². The minimum atomic E-state index is -0.298. The molecule has 1 heterocycles. The van der Waals surface area contributed by atoms with Crippen molar-refractivity contribution >= 4 is 28.6 Å². The van der Waals surface area contributed by atoms with Gasteiger partial charge in [0.2, 0.25) is 0 Å². The molecule has 12 heavy (non-hydrogen) atoms. The second-order valence-corrected chi connectivity index (χ2v) is 3.93. The number of nitrogens with one attached hydrogen (secondary N) is 1. The van der Waals surface area contributed by atoms with E-state index in [1.807, 2.05) is 13.8 Å². The first-order valence-electron chi connectivity index (χ1n) is 3.64. The number of hydrogen-bond donors (Lipinski definition) is 1. The molecule has 0 saturated heterocycles. The van der Waals surface area contributed by atoms with Gasteiger partial charge in [-0.3, -0.25) is 0 Å². The number of carbonyl (C=O) groups excluding carboxylic acids is 1. The molecular weight excluding hydrogens is 269 g/mol. The Hall–Kier alpha value is -0.520. The molecular formula is C8H10INO2. The number of ether oxygens (including phenoxy) is 1. The average molecular weight is 279 g/mol. The molecule has 0 aliphatic heterocycles. The molecule has 66 valence electrons. The highest BCUT2D eigenvalue weighted by atomic mass is 127.